The summed E-state index contributed by atoms with van der Waals surface area (Å²) in [5.41, 5.74) is 1.44. The van der Waals surface area contributed by atoms with Crippen LogP contribution in [0, 0.1) is 0 Å². The number of thioether (sulfide) groups is 1. The van der Waals surface area contributed by atoms with E-state index in [1.54, 1.807) is 40.6 Å². The number of hydrogen-bond acceptors (Lipinski definition) is 7. The molecule has 1 amide bonds. The van der Waals surface area contributed by atoms with Crippen molar-refractivity contribution in [2.24, 2.45) is 4.99 Å². The summed E-state index contributed by atoms with van der Waals surface area (Å²) >= 11 is 2.86. The second kappa shape index (κ2) is 10.3. The maximum atomic E-state index is 12.5. The Labute approximate surface area is 188 Å². The highest BCUT2D eigenvalue weighted by molar-refractivity contribution is 7.98. The van der Waals surface area contributed by atoms with Gasteiger partial charge in [-0.15, -0.1) is 11.8 Å². The van der Waals surface area contributed by atoms with Crippen LogP contribution in [0.5, 0.6) is 0 Å². The normalized spacial score (nSPS) is 12.3. The van der Waals surface area contributed by atoms with Gasteiger partial charge in [0.05, 0.1) is 28.8 Å². The van der Waals surface area contributed by atoms with Crippen molar-refractivity contribution in [3.8, 4) is 0 Å². The van der Waals surface area contributed by atoms with Crippen LogP contribution < -0.4 is 4.80 Å². The van der Waals surface area contributed by atoms with Gasteiger partial charge >= 0.3 is 5.97 Å². The molecule has 1 aromatic heterocycles. The van der Waals surface area contributed by atoms with E-state index < -0.39 is 21.7 Å². The Morgan fingerprint density at radius 2 is 1.90 bits per heavy atom. The zero-order chi connectivity index (χ0) is 22.4. The first-order valence-corrected chi connectivity index (χ1v) is 13.2. The fraction of sp³-hybridized carbons (Fsp3) is 0.286. The zero-order valence-electron chi connectivity index (χ0n) is 17.1. The van der Waals surface area contributed by atoms with Crippen LogP contribution in [0.4, 0.5) is 0 Å². The van der Waals surface area contributed by atoms with Crippen LogP contribution in [0.25, 0.3) is 10.2 Å². The predicted molar refractivity (Wildman–Crippen MR) is 123 cm³/mol. The number of thiazole rings is 1. The molecule has 10 heteroatoms. The number of nitrogens with zero attached hydrogens (tertiary/aromatic N) is 2. The minimum atomic E-state index is -3.45. The maximum Gasteiger partial charge on any atom is 0.325 e. The summed E-state index contributed by atoms with van der Waals surface area (Å²) in [6.07, 6.45) is 1.74. The summed E-state index contributed by atoms with van der Waals surface area (Å²) < 4.78 is 32.0. The largest absolute Gasteiger partial charge is 0.468 e. The number of carbonyl (C=O) groups is 2. The molecule has 0 spiro atoms. The van der Waals surface area contributed by atoms with Gasteiger partial charge in [-0.25, -0.2) is 8.42 Å². The van der Waals surface area contributed by atoms with Crippen LogP contribution in [-0.4, -0.2) is 44.0 Å². The number of aromatic nitrogens is 1. The van der Waals surface area contributed by atoms with E-state index >= 15 is 0 Å². The molecule has 0 N–H and O–H groups in total. The average molecular weight is 479 g/mol. The SMILES string of the molecule is COC(=O)Cn1c(=NC(=O)CCS(=O)(=O)Cc2ccccc2)sc2cc(SC)ccc21. The molecule has 3 rings (SSSR count). The van der Waals surface area contributed by atoms with Crippen LogP contribution in [0.1, 0.15) is 12.0 Å². The number of hydrogen-bond donors (Lipinski definition) is 0. The minimum absolute atomic E-state index is 0.0897. The highest BCUT2D eigenvalue weighted by Crippen LogP contribution is 2.24. The van der Waals surface area contributed by atoms with E-state index in [0.717, 1.165) is 15.1 Å². The lowest BCUT2D eigenvalue weighted by Crippen LogP contribution is -2.23. The van der Waals surface area contributed by atoms with E-state index in [9.17, 15) is 18.0 Å². The highest BCUT2D eigenvalue weighted by atomic mass is 32.2. The topological polar surface area (TPSA) is 94.8 Å². The van der Waals surface area contributed by atoms with Gasteiger partial charge in [-0.05, 0) is 30.0 Å². The van der Waals surface area contributed by atoms with Crippen molar-refractivity contribution in [2.45, 2.75) is 23.6 Å². The molecule has 0 aliphatic carbocycles. The van der Waals surface area contributed by atoms with Crippen LogP contribution in [0.2, 0.25) is 0 Å². The molecular weight excluding hydrogens is 456 g/mol. The number of methoxy groups -OCH3 is 1. The minimum Gasteiger partial charge on any atom is -0.468 e. The van der Waals surface area contributed by atoms with Crippen molar-refractivity contribution in [2.75, 3.05) is 19.1 Å². The number of ether oxygens (including phenoxy) is 1. The Hall–Kier alpha value is -2.43. The molecule has 0 unspecified atom stereocenters. The van der Waals surface area contributed by atoms with Gasteiger partial charge in [-0.1, -0.05) is 41.7 Å². The molecule has 164 valence electrons. The summed E-state index contributed by atoms with van der Waals surface area (Å²) in [5.74, 6) is -1.42. The molecule has 0 aliphatic heterocycles. The average Bonchev–Trinajstić information content (AvgIpc) is 3.08. The van der Waals surface area contributed by atoms with E-state index in [1.165, 1.54) is 18.4 Å². The molecule has 0 fully saturated rings. The van der Waals surface area contributed by atoms with Crippen molar-refractivity contribution in [1.82, 2.24) is 4.57 Å². The first-order chi connectivity index (χ1) is 14.8. The monoisotopic (exact) mass is 478 g/mol. The van der Waals surface area contributed by atoms with E-state index in [-0.39, 0.29) is 24.5 Å². The Balaban J connectivity index is 1.83. The van der Waals surface area contributed by atoms with Gasteiger partial charge in [0.25, 0.3) is 0 Å². The lowest BCUT2D eigenvalue weighted by atomic mass is 10.2. The van der Waals surface area contributed by atoms with Crippen LogP contribution >= 0.6 is 23.1 Å². The molecule has 0 saturated heterocycles. The molecule has 1 heterocycles. The fourth-order valence-corrected chi connectivity index (χ4v) is 5.85. The highest BCUT2D eigenvalue weighted by Gasteiger charge is 2.16. The first kappa shape index (κ1) is 23.2. The molecule has 7 nitrogen and oxygen atoms in total. The third-order valence-corrected chi connectivity index (χ3v) is 7.85. The number of fused-ring (bicyclic) bond motifs is 1. The Kier molecular flexibility index (Phi) is 7.69. The number of carbonyl (C=O) groups excluding carboxylic acids is 2. The van der Waals surface area contributed by atoms with Gasteiger partial charge in [0.2, 0.25) is 5.91 Å². The zero-order valence-corrected chi connectivity index (χ0v) is 19.6. The molecule has 0 bridgehead atoms. The van der Waals surface area contributed by atoms with Gasteiger partial charge in [-0.2, -0.15) is 4.99 Å². The Bertz CT molecular complexity index is 1260. The lowest BCUT2D eigenvalue weighted by molar-refractivity contribution is -0.141. The van der Waals surface area contributed by atoms with Gasteiger partial charge < -0.3 is 9.30 Å². The quantitative estimate of drug-likeness (QED) is 0.365. The molecular formula is C21H22N2O5S3. The molecule has 0 radical (unpaired) electrons. The van der Waals surface area contributed by atoms with Crippen molar-refractivity contribution < 1.29 is 22.7 Å². The van der Waals surface area contributed by atoms with Crippen molar-refractivity contribution in [3.05, 3.63) is 58.9 Å². The number of rotatable bonds is 8. The Morgan fingerprint density at radius 3 is 2.58 bits per heavy atom. The third-order valence-electron chi connectivity index (χ3n) is 4.48. The van der Waals surface area contributed by atoms with E-state index in [4.69, 9.17) is 4.74 Å². The molecule has 31 heavy (non-hydrogen) atoms. The van der Waals surface area contributed by atoms with E-state index in [1.807, 2.05) is 30.5 Å². The van der Waals surface area contributed by atoms with Crippen molar-refractivity contribution in [1.29, 1.82) is 0 Å². The summed E-state index contributed by atoms with van der Waals surface area (Å²) in [6.45, 7) is -0.0897. The van der Waals surface area contributed by atoms with Gasteiger partial charge in [0.1, 0.15) is 6.54 Å². The van der Waals surface area contributed by atoms with Crippen LogP contribution in [0.3, 0.4) is 0 Å². The third kappa shape index (κ3) is 6.28. The van der Waals surface area contributed by atoms with Gasteiger partial charge in [-0.3, -0.25) is 9.59 Å². The predicted octanol–water partition coefficient (Wildman–Crippen LogP) is 3.03. The Morgan fingerprint density at radius 1 is 1.16 bits per heavy atom. The summed E-state index contributed by atoms with van der Waals surface area (Å²) in [4.78, 5) is 29.8. The number of esters is 1. The van der Waals surface area contributed by atoms with Crippen LogP contribution in [0.15, 0.2) is 58.4 Å². The van der Waals surface area contributed by atoms with E-state index in [0.29, 0.717) is 10.4 Å². The van der Waals surface area contributed by atoms with Gasteiger partial charge in [0.15, 0.2) is 14.6 Å². The number of sulfone groups is 1. The second-order valence-electron chi connectivity index (χ2n) is 6.71. The fourth-order valence-electron chi connectivity index (χ4n) is 2.92. The summed E-state index contributed by atoms with van der Waals surface area (Å²) in [6, 6.07) is 14.6. The van der Waals surface area contributed by atoms with E-state index in [2.05, 4.69) is 4.99 Å². The number of benzene rings is 2. The number of amides is 1. The van der Waals surface area contributed by atoms with Gasteiger partial charge in [0, 0.05) is 11.3 Å². The standard InChI is InChI=1S/C21H22N2O5S3/c1-28-20(25)13-23-17-9-8-16(29-2)12-18(17)30-21(23)22-19(24)10-11-31(26,27)14-15-6-4-3-5-7-15/h3-9,12H,10-11,13-14H2,1-2H3. The molecule has 2 aromatic carbocycles. The molecule has 0 saturated carbocycles. The molecule has 0 aliphatic rings. The molecule has 0 atom stereocenters. The van der Waals surface area contributed by atoms with Crippen molar-refractivity contribution >= 4 is 55.0 Å². The summed E-state index contributed by atoms with van der Waals surface area (Å²) in [5, 5.41) is 0. The first-order valence-electron chi connectivity index (χ1n) is 9.37. The second-order valence-corrected chi connectivity index (χ2v) is 10.8. The summed E-state index contributed by atoms with van der Waals surface area (Å²) in [7, 11) is -2.16. The maximum absolute atomic E-state index is 12.5. The van der Waals surface area contributed by atoms with Crippen molar-refractivity contribution in [3.63, 3.8) is 0 Å². The molecule has 3 aromatic rings. The lowest BCUT2D eigenvalue weighted by Gasteiger charge is -2.04. The van der Waals surface area contributed by atoms with Crippen LogP contribution in [-0.2, 0) is 36.5 Å². The smallest absolute Gasteiger partial charge is 0.325 e.